The molecule has 0 aromatic carbocycles. The summed E-state index contributed by atoms with van der Waals surface area (Å²) in [5, 5.41) is 3.48. The largest absolute Gasteiger partial charge is 0.317 e. The van der Waals surface area contributed by atoms with E-state index in [0.717, 1.165) is 0 Å². The first-order valence-electron chi connectivity index (χ1n) is 7.15. The average molecular weight is 239 g/mol. The molecule has 2 atom stereocenters. The highest BCUT2D eigenvalue weighted by Gasteiger charge is 2.33. The molecule has 0 aromatic rings. The lowest BCUT2D eigenvalue weighted by molar-refractivity contribution is 0.0273. The van der Waals surface area contributed by atoms with Gasteiger partial charge < -0.3 is 5.32 Å². The van der Waals surface area contributed by atoms with Crippen LogP contribution in [0.2, 0.25) is 0 Å². The second-order valence-corrected chi connectivity index (χ2v) is 6.62. The minimum absolute atomic E-state index is 0.542. The van der Waals surface area contributed by atoms with Gasteiger partial charge in [-0.15, -0.1) is 0 Å². The molecule has 2 aliphatic rings. The summed E-state index contributed by atoms with van der Waals surface area (Å²) in [6.45, 7) is 13.4. The first kappa shape index (κ1) is 13.3. The van der Waals surface area contributed by atoms with Gasteiger partial charge in [-0.2, -0.15) is 0 Å². The van der Waals surface area contributed by atoms with Crippen molar-refractivity contribution in [1.82, 2.24) is 15.1 Å². The van der Waals surface area contributed by atoms with Gasteiger partial charge in [-0.05, 0) is 52.2 Å². The third-order valence-corrected chi connectivity index (χ3v) is 4.85. The van der Waals surface area contributed by atoms with Crippen LogP contribution in [-0.2, 0) is 0 Å². The Kier molecular flexibility index (Phi) is 4.11. The summed E-state index contributed by atoms with van der Waals surface area (Å²) >= 11 is 0. The monoisotopic (exact) mass is 239 g/mol. The minimum Gasteiger partial charge on any atom is -0.317 e. The van der Waals surface area contributed by atoms with Crippen LogP contribution in [0.5, 0.6) is 0 Å². The molecule has 0 radical (unpaired) electrons. The zero-order valence-electron chi connectivity index (χ0n) is 12.0. The zero-order chi connectivity index (χ0) is 12.5. The highest BCUT2D eigenvalue weighted by atomic mass is 15.3. The van der Waals surface area contributed by atoms with Gasteiger partial charge in [0, 0.05) is 31.7 Å². The molecule has 2 unspecified atom stereocenters. The van der Waals surface area contributed by atoms with Gasteiger partial charge in [0.2, 0.25) is 0 Å². The quantitative estimate of drug-likeness (QED) is 0.786. The van der Waals surface area contributed by atoms with Crippen LogP contribution in [-0.4, -0.2) is 61.7 Å². The van der Waals surface area contributed by atoms with E-state index in [1.54, 1.807) is 0 Å². The SMILES string of the molecule is CC1CN(CC2(C)CCNCC2)CC(C)N1C. The molecule has 2 rings (SSSR count). The Balaban J connectivity index is 1.90. The number of hydrogen-bond donors (Lipinski definition) is 1. The van der Waals surface area contributed by atoms with Gasteiger partial charge in [-0.25, -0.2) is 0 Å². The van der Waals surface area contributed by atoms with E-state index in [1.165, 1.54) is 45.6 Å². The molecule has 2 saturated heterocycles. The van der Waals surface area contributed by atoms with E-state index < -0.39 is 0 Å². The Bertz CT molecular complexity index is 236. The maximum absolute atomic E-state index is 3.48. The Morgan fingerprint density at radius 3 is 2.18 bits per heavy atom. The summed E-state index contributed by atoms with van der Waals surface area (Å²) in [4.78, 5) is 5.21. The fraction of sp³-hybridized carbons (Fsp3) is 1.00. The van der Waals surface area contributed by atoms with E-state index in [4.69, 9.17) is 0 Å². The maximum atomic E-state index is 3.48. The van der Waals surface area contributed by atoms with E-state index in [9.17, 15) is 0 Å². The fourth-order valence-electron chi connectivity index (χ4n) is 3.37. The summed E-state index contributed by atoms with van der Waals surface area (Å²) in [5.41, 5.74) is 0.542. The standard InChI is InChI=1S/C14H29N3/c1-12-9-17(10-13(2)16(12)4)11-14(3)5-7-15-8-6-14/h12-13,15H,5-11H2,1-4H3. The normalized spacial score (nSPS) is 36.0. The van der Waals surface area contributed by atoms with Crippen molar-refractivity contribution in [3.05, 3.63) is 0 Å². The summed E-state index contributed by atoms with van der Waals surface area (Å²) in [6, 6.07) is 1.40. The van der Waals surface area contributed by atoms with Crippen LogP contribution in [0.1, 0.15) is 33.6 Å². The van der Waals surface area contributed by atoms with Crippen LogP contribution in [0.25, 0.3) is 0 Å². The van der Waals surface area contributed by atoms with Gasteiger partial charge in [-0.3, -0.25) is 9.80 Å². The Morgan fingerprint density at radius 1 is 1.12 bits per heavy atom. The van der Waals surface area contributed by atoms with Gasteiger partial charge in [0.15, 0.2) is 0 Å². The van der Waals surface area contributed by atoms with Gasteiger partial charge >= 0.3 is 0 Å². The Labute approximate surface area is 107 Å². The summed E-state index contributed by atoms with van der Waals surface area (Å²) in [6.07, 6.45) is 2.67. The predicted octanol–water partition coefficient (Wildman–Crippen LogP) is 1.40. The van der Waals surface area contributed by atoms with Gasteiger partial charge in [0.1, 0.15) is 0 Å². The summed E-state index contributed by atoms with van der Waals surface area (Å²) < 4.78 is 0. The number of nitrogens with one attached hydrogen (secondary N) is 1. The highest BCUT2D eigenvalue weighted by Crippen LogP contribution is 2.30. The maximum Gasteiger partial charge on any atom is 0.0195 e. The van der Waals surface area contributed by atoms with Crippen LogP contribution in [0, 0.1) is 5.41 Å². The first-order chi connectivity index (χ1) is 8.00. The van der Waals surface area contributed by atoms with Crippen molar-refractivity contribution in [2.24, 2.45) is 5.41 Å². The van der Waals surface area contributed by atoms with Gasteiger partial charge in [-0.1, -0.05) is 6.92 Å². The third kappa shape index (κ3) is 3.21. The molecule has 0 aromatic heterocycles. The molecular weight excluding hydrogens is 210 g/mol. The lowest BCUT2D eigenvalue weighted by Crippen LogP contribution is -2.57. The molecule has 0 spiro atoms. The van der Waals surface area contributed by atoms with E-state index in [-0.39, 0.29) is 0 Å². The second kappa shape index (κ2) is 5.25. The van der Waals surface area contributed by atoms with Crippen molar-refractivity contribution in [1.29, 1.82) is 0 Å². The molecule has 0 saturated carbocycles. The van der Waals surface area contributed by atoms with Crippen LogP contribution in [0.15, 0.2) is 0 Å². The van der Waals surface area contributed by atoms with E-state index in [0.29, 0.717) is 17.5 Å². The topological polar surface area (TPSA) is 18.5 Å². The van der Waals surface area contributed by atoms with Crippen molar-refractivity contribution in [2.75, 3.05) is 39.8 Å². The number of likely N-dealkylation sites (N-methyl/N-ethyl adjacent to an activating group) is 1. The molecule has 2 aliphatic heterocycles. The van der Waals surface area contributed by atoms with Gasteiger partial charge in [0.25, 0.3) is 0 Å². The molecule has 1 N–H and O–H groups in total. The van der Waals surface area contributed by atoms with Crippen molar-refractivity contribution in [3.63, 3.8) is 0 Å². The summed E-state index contributed by atoms with van der Waals surface area (Å²) in [7, 11) is 2.26. The molecule has 0 aliphatic carbocycles. The smallest absolute Gasteiger partial charge is 0.0195 e. The molecule has 17 heavy (non-hydrogen) atoms. The predicted molar refractivity (Wildman–Crippen MR) is 73.3 cm³/mol. The van der Waals surface area contributed by atoms with E-state index in [1.807, 2.05) is 0 Å². The number of piperazine rings is 1. The third-order valence-electron chi connectivity index (χ3n) is 4.85. The molecule has 0 amide bonds. The number of nitrogens with zero attached hydrogens (tertiary/aromatic N) is 2. The van der Waals surface area contributed by atoms with Crippen molar-refractivity contribution in [3.8, 4) is 0 Å². The van der Waals surface area contributed by atoms with Crippen molar-refractivity contribution >= 4 is 0 Å². The lowest BCUT2D eigenvalue weighted by Gasteiger charge is -2.46. The number of piperidine rings is 1. The molecule has 0 bridgehead atoms. The van der Waals surface area contributed by atoms with Crippen molar-refractivity contribution < 1.29 is 0 Å². The van der Waals surface area contributed by atoms with Crippen LogP contribution >= 0.6 is 0 Å². The van der Waals surface area contributed by atoms with Gasteiger partial charge in [0.05, 0.1) is 0 Å². The number of hydrogen-bond acceptors (Lipinski definition) is 3. The fourth-order valence-corrected chi connectivity index (χ4v) is 3.37. The van der Waals surface area contributed by atoms with Crippen LogP contribution < -0.4 is 5.32 Å². The second-order valence-electron chi connectivity index (χ2n) is 6.62. The molecule has 2 heterocycles. The Morgan fingerprint density at radius 2 is 1.65 bits per heavy atom. The summed E-state index contributed by atoms with van der Waals surface area (Å²) in [5.74, 6) is 0. The molecule has 2 fully saturated rings. The molecule has 3 nitrogen and oxygen atoms in total. The minimum atomic E-state index is 0.542. The van der Waals surface area contributed by atoms with Crippen LogP contribution in [0.3, 0.4) is 0 Å². The average Bonchev–Trinajstić information content (AvgIpc) is 2.26. The molecule has 3 heteroatoms. The van der Waals surface area contributed by atoms with E-state index >= 15 is 0 Å². The highest BCUT2D eigenvalue weighted by molar-refractivity contribution is 4.89. The van der Waals surface area contributed by atoms with Crippen molar-refractivity contribution in [2.45, 2.75) is 45.7 Å². The molecular formula is C14H29N3. The Hall–Kier alpha value is -0.120. The number of rotatable bonds is 2. The molecule has 100 valence electrons. The lowest BCUT2D eigenvalue weighted by atomic mass is 9.80. The van der Waals surface area contributed by atoms with Crippen LogP contribution in [0.4, 0.5) is 0 Å². The van der Waals surface area contributed by atoms with E-state index in [2.05, 4.69) is 42.9 Å². The first-order valence-corrected chi connectivity index (χ1v) is 7.15. The zero-order valence-corrected chi connectivity index (χ0v) is 12.0.